The third-order valence-electron chi connectivity index (χ3n) is 5.79. The summed E-state index contributed by atoms with van der Waals surface area (Å²) in [6.45, 7) is 6.59. The van der Waals surface area contributed by atoms with Gasteiger partial charge in [-0.15, -0.1) is 0 Å². The van der Waals surface area contributed by atoms with Gasteiger partial charge in [0.1, 0.15) is 0 Å². The monoisotopic (exact) mass is 425 g/mol. The number of sulfonamides is 1. The van der Waals surface area contributed by atoms with Gasteiger partial charge in [-0.3, -0.25) is 4.79 Å². The minimum Gasteiger partial charge on any atom is -0.358 e. The van der Waals surface area contributed by atoms with E-state index < -0.39 is 10.0 Å². The molecule has 0 aliphatic carbocycles. The molecule has 0 unspecified atom stereocenters. The maximum atomic E-state index is 13.0. The Morgan fingerprint density at radius 3 is 2.47 bits per heavy atom. The van der Waals surface area contributed by atoms with Crippen LogP contribution in [0.5, 0.6) is 0 Å². The van der Waals surface area contributed by atoms with E-state index in [-0.39, 0.29) is 5.91 Å². The number of aromatic nitrogens is 1. The Balaban J connectivity index is 1.53. The number of carbonyl (C=O) groups is 1. The van der Waals surface area contributed by atoms with Crippen LogP contribution in [0.1, 0.15) is 35.2 Å². The van der Waals surface area contributed by atoms with Gasteiger partial charge in [0, 0.05) is 41.8 Å². The Labute approximate surface area is 177 Å². The molecule has 2 N–H and O–H groups in total. The number of hydrogen-bond acceptors (Lipinski definition) is 3. The van der Waals surface area contributed by atoms with Gasteiger partial charge in [0.15, 0.2) is 0 Å². The van der Waals surface area contributed by atoms with E-state index in [0.717, 1.165) is 34.3 Å². The lowest BCUT2D eigenvalue weighted by Gasteiger charge is -2.20. The van der Waals surface area contributed by atoms with Crippen molar-refractivity contribution < 1.29 is 13.2 Å². The number of nitrogens with one attached hydrogen (secondary N) is 2. The second-order valence-electron chi connectivity index (χ2n) is 7.98. The van der Waals surface area contributed by atoms with Gasteiger partial charge in [0.25, 0.3) is 0 Å². The fourth-order valence-electron chi connectivity index (χ4n) is 4.47. The van der Waals surface area contributed by atoms with Crippen molar-refractivity contribution in [1.29, 1.82) is 0 Å². The van der Waals surface area contributed by atoms with E-state index in [1.807, 2.05) is 25.1 Å². The zero-order chi connectivity index (χ0) is 21.5. The standard InChI is InChI=1S/C23H27N3O3S/c1-15-13-18(26-12-6-9-22(26)27)14-16(2)23(15)30(28,29)24-11-10-19-17(3)25-21-8-5-4-7-20(19)21/h4-5,7-8,13-14,24-25H,6,9-12H2,1-3H3. The lowest BCUT2D eigenvalue weighted by atomic mass is 10.1. The number of amides is 1. The first-order valence-corrected chi connectivity index (χ1v) is 11.7. The van der Waals surface area contributed by atoms with Gasteiger partial charge in [-0.1, -0.05) is 18.2 Å². The Morgan fingerprint density at radius 2 is 1.80 bits per heavy atom. The van der Waals surface area contributed by atoms with Gasteiger partial charge < -0.3 is 9.88 Å². The molecule has 6 nitrogen and oxygen atoms in total. The molecule has 1 aromatic heterocycles. The molecular formula is C23H27N3O3S. The minimum absolute atomic E-state index is 0.0941. The van der Waals surface area contributed by atoms with Crippen LogP contribution in [0.3, 0.4) is 0 Å². The lowest BCUT2D eigenvalue weighted by molar-refractivity contribution is -0.117. The van der Waals surface area contributed by atoms with Crippen molar-refractivity contribution in [3.8, 4) is 0 Å². The zero-order valence-corrected chi connectivity index (χ0v) is 18.4. The number of H-pyrrole nitrogens is 1. The van der Waals surface area contributed by atoms with Crippen LogP contribution in [0, 0.1) is 20.8 Å². The van der Waals surface area contributed by atoms with Crippen molar-refractivity contribution in [3.63, 3.8) is 0 Å². The highest BCUT2D eigenvalue weighted by molar-refractivity contribution is 7.89. The molecule has 1 aliphatic heterocycles. The summed E-state index contributed by atoms with van der Waals surface area (Å²) in [5, 5.41) is 1.13. The molecule has 0 saturated carbocycles. The van der Waals surface area contributed by atoms with Gasteiger partial charge >= 0.3 is 0 Å². The predicted octanol–water partition coefficient (Wildman–Crippen LogP) is 3.74. The number of anilines is 1. The van der Waals surface area contributed by atoms with Crippen LogP contribution < -0.4 is 9.62 Å². The first kappa shape index (κ1) is 20.6. The van der Waals surface area contributed by atoms with Crippen LogP contribution in [0.25, 0.3) is 10.9 Å². The van der Waals surface area contributed by atoms with Gasteiger partial charge in [-0.2, -0.15) is 0 Å². The molecule has 158 valence electrons. The average molecular weight is 426 g/mol. The van der Waals surface area contributed by atoms with E-state index in [9.17, 15) is 13.2 Å². The molecule has 2 aromatic carbocycles. The van der Waals surface area contributed by atoms with Crippen LogP contribution >= 0.6 is 0 Å². The van der Waals surface area contributed by atoms with Crippen molar-refractivity contribution in [3.05, 3.63) is 58.8 Å². The fraction of sp³-hybridized carbons (Fsp3) is 0.348. The lowest BCUT2D eigenvalue weighted by Crippen LogP contribution is -2.28. The molecule has 1 amide bonds. The Bertz CT molecular complexity index is 1200. The summed E-state index contributed by atoms with van der Waals surface area (Å²) in [5.41, 5.74) is 5.33. The number of para-hydroxylation sites is 1. The molecule has 1 saturated heterocycles. The first-order chi connectivity index (χ1) is 14.3. The molecular weight excluding hydrogens is 398 g/mol. The zero-order valence-electron chi connectivity index (χ0n) is 17.6. The highest BCUT2D eigenvalue weighted by Crippen LogP contribution is 2.29. The summed E-state index contributed by atoms with van der Waals surface area (Å²) in [5.74, 6) is 0.0941. The van der Waals surface area contributed by atoms with Crippen molar-refractivity contribution in [2.45, 2.75) is 44.9 Å². The average Bonchev–Trinajstić information content (AvgIpc) is 3.24. The second kappa shape index (κ2) is 7.89. The molecule has 0 bridgehead atoms. The summed E-state index contributed by atoms with van der Waals surface area (Å²) in [4.78, 5) is 17.4. The van der Waals surface area contributed by atoms with Gasteiger partial charge in [0.05, 0.1) is 4.90 Å². The third kappa shape index (κ3) is 3.75. The number of aryl methyl sites for hydroxylation is 3. The molecule has 30 heavy (non-hydrogen) atoms. The summed E-state index contributed by atoms with van der Waals surface area (Å²) >= 11 is 0. The number of aromatic amines is 1. The minimum atomic E-state index is -3.66. The highest BCUT2D eigenvalue weighted by Gasteiger charge is 2.25. The second-order valence-corrected chi connectivity index (χ2v) is 9.68. The molecule has 4 rings (SSSR count). The number of hydrogen-bond donors (Lipinski definition) is 2. The van der Waals surface area contributed by atoms with E-state index in [0.29, 0.717) is 42.0 Å². The van der Waals surface area contributed by atoms with E-state index in [4.69, 9.17) is 0 Å². The quantitative estimate of drug-likeness (QED) is 0.631. The summed E-state index contributed by atoms with van der Waals surface area (Å²) in [7, 11) is -3.66. The van der Waals surface area contributed by atoms with Crippen LogP contribution in [-0.4, -0.2) is 32.4 Å². The number of rotatable bonds is 6. The van der Waals surface area contributed by atoms with Crippen molar-refractivity contribution >= 4 is 32.5 Å². The number of carbonyl (C=O) groups excluding carboxylic acids is 1. The Morgan fingerprint density at radius 1 is 1.10 bits per heavy atom. The first-order valence-electron chi connectivity index (χ1n) is 10.3. The van der Waals surface area contributed by atoms with E-state index >= 15 is 0 Å². The number of fused-ring (bicyclic) bond motifs is 1. The molecule has 0 radical (unpaired) electrons. The van der Waals surface area contributed by atoms with Crippen LogP contribution in [0.15, 0.2) is 41.3 Å². The summed E-state index contributed by atoms with van der Waals surface area (Å²) in [6.07, 6.45) is 1.99. The van der Waals surface area contributed by atoms with Crippen LogP contribution in [-0.2, 0) is 21.2 Å². The largest absolute Gasteiger partial charge is 0.358 e. The van der Waals surface area contributed by atoms with Crippen LogP contribution in [0.4, 0.5) is 5.69 Å². The van der Waals surface area contributed by atoms with E-state index in [2.05, 4.69) is 15.8 Å². The van der Waals surface area contributed by atoms with Gasteiger partial charge in [-0.25, -0.2) is 13.1 Å². The topological polar surface area (TPSA) is 82.3 Å². The SMILES string of the molecule is Cc1cc(N2CCCC2=O)cc(C)c1S(=O)(=O)NCCc1c(C)[nH]c2ccccc12. The Kier molecular flexibility index (Phi) is 5.42. The molecule has 1 aliphatic rings. The molecule has 3 aromatic rings. The third-order valence-corrected chi connectivity index (χ3v) is 7.56. The van der Waals surface area contributed by atoms with E-state index in [1.165, 1.54) is 0 Å². The van der Waals surface area contributed by atoms with Crippen molar-refractivity contribution in [2.24, 2.45) is 0 Å². The van der Waals surface area contributed by atoms with Crippen molar-refractivity contribution in [2.75, 3.05) is 18.0 Å². The summed E-state index contributed by atoms with van der Waals surface area (Å²) < 4.78 is 28.9. The molecule has 1 fully saturated rings. The van der Waals surface area contributed by atoms with Crippen LogP contribution in [0.2, 0.25) is 0 Å². The highest BCUT2D eigenvalue weighted by atomic mass is 32.2. The fourth-order valence-corrected chi connectivity index (χ4v) is 5.95. The van der Waals surface area contributed by atoms with E-state index in [1.54, 1.807) is 30.9 Å². The molecule has 7 heteroatoms. The molecule has 2 heterocycles. The maximum Gasteiger partial charge on any atom is 0.241 e. The normalized spacial score (nSPS) is 14.8. The number of nitrogens with zero attached hydrogens (tertiary/aromatic N) is 1. The smallest absolute Gasteiger partial charge is 0.241 e. The summed E-state index contributed by atoms with van der Waals surface area (Å²) in [6, 6.07) is 11.6. The van der Waals surface area contributed by atoms with Crippen molar-refractivity contribution in [1.82, 2.24) is 9.71 Å². The Hall–Kier alpha value is -2.64. The number of benzene rings is 2. The molecule has 0 atom stereocenters. The maximum absolute atomic E-state index is 13.0. The van der Waals surface area contributed by atoms with Gasteiger partial charge in [-0.05, 0) is 68.5 Å². The predicted molar refractivity (Wildman–Crippen MR) is 119 cm³/mol. The molecule has 0 spiro atoms. The van der Waals surface area contributed by atoms with Gasteiger partial charge in [0.2, 0.25) is 15.9 Å².